The summed E-state index contributed by atoms with van der Waals surface area (Å²) in [6.07, 6.45) is -0.451. The summed E-state index contributed by atoms with van der Waals surface area (Å²) in [5, 5.41) is 2.79. The highest BCUT2D eigenvalue weighted by atomic mass is 35.5. The van der Waals surface area contributed by atoms with E-state index in [9.17, 15) is 8.78 Å². The smallest absolute Gasteiger partial charge is 0.273 e. The van der Waals surface area contributed by atoms with Crippen LogP contribution in [0.5, 0.6) is 0 Å². The number of ether oxygens (including phenoxy) is 1. The van der Waals surface area contributed by atoms with E-state index in [-0.39, 0.29) is 24.9 Å². The summed E-state index contributed by atoms with van der Waals surface area (Å²) in [5.41, 5.74) is 0. The molecule has 1 fully saturated rings. The van der Waals surface area contributed by atoms with Crippen molar-refractivity contribution >= 4 is 12.4 Å². The lowest BCUT2D eigenvalue weighted by Gasteiger charge is -2.06. The normalized spacial score (nSPS) is 28.1. The Labute approximate surface area is 70.7 Å². The summed E-state index contributed by atoms with van der Waals surface area (Å²) in [6, 6.07) is 0. The van der Waals surface area contributed by atoms with Crippen molar-refractivity contribution in [3.63, 3.8) is 0 Å². The summed E-state index contributed by atoms with van der Waals surface area (Å²) < 4.78 is 29.5. The molecule has 1 N–H and O–H groups in total. The highest BCUT2D eigenvalue weighted by molar-refractivity contribution is 5.85. The maximum atomic E-state index is 12.4. The van der Waals surface area contributed by atoms with Crippen LogP contribution in [0.15, 0.2) is 0 Å². The summed E-state index contributed by atoms with van der Waals surface area (Å²) in [5.74, 6) is -2.60. The largest absolute Gasteiger partial charge is 0.370 e. The maximum Gasteiger partial charge on any atom is 0.273 e. The van der Waals surface area contributed by atoms with Crippen molar-refractivity contribution in [2.75, 3.05) is 20.2 Å². The van der Waals surface area contributed by atoms with Crippen molar-refractivity contribution in [3.05, 3.63) is 0 Å². The zero-order valence-corrected chi connectivity index (χ0v) is 7.09. The summed E-state index contributed by atoms with van der Waals surface area (Å²) >= 11 is 0. The van der Waals surface area contributed by atoms with Crippen molar-refractivity contribution in [2.24, 2.45) is 0 Å². The molecule has 0 aromatic heterocycles. The Morgan fingerprint density at radius 2 is 2.27 bits per heavy atom. The Bertz CT molecular complexity index is 123. The van der Waals surface area contributed by atoms with Gasteiger partial charge < -0.3 is 10.1 Å². The van der Waals surface area contributed by atoms with Gasteiger partial charge in [0.25, 0.3) is 5.92 Å². The van der Waals surface area contributed by atoms with Crippen LogP contribution >= 0.6 is 12.4 Å². The van der Waals surface area contributed by atoms with E-state index in [1.807, 2.05) is 0 Å². The van der Waals surface area contributed by atoms with Gasteiger partial charge in [0.05, 0.1) is 6.10 Å². The van der Waals surface area contributed by atoms with Crippen molar-refractivity contribution in [3.8, 4) is 0 Å². The molecular formula is C6H12ClF2NO. The monoisotopic (exact) mass is 187 g/mol. The molecule has 11 heavy (non-hydrogen) atoms. The predicted octanol–water partition coefficient (Wildman–Crippen LogP) is 1.05. The van der Waals surface area contributed by atoms with Gasteiger partial charge in [-0.05, 0) is 7.05 Å². The lowest BCUT2D eigenvalue weighted by atomic mass is 10.2. The van der Waals surface area contributed by atoms with Crippen LogP contribution in [0.1, 0.15) is 6.42 Å². The first-order valence-corrected chi connectivity index (χ1v) is 3.28. The molecule has 0 radical (unpaired) electrons. The Morgan fingerprint density at radius 3 is 2.64 bits per heavy atom. The lowest BCUT2D eigenvalue weighted by Crippen LogP contribution is -2.23. The topological polar surface area (TPSA) is 21.3 Å². The quantitative estimate of drug-likeness (QED) is 0.698. The SMILES string of the molecule is CNCC1CC(F)(F)CO1.Cl. The van der Waals surface area contributed by atoms with Crippen LogP contribution in [0.4, 0.5) is 8.78 Å². The first-order valence-electron chi connectivity index (χ1n) is 3.28. The molecule has 0 aromatic carbocycles. The van der Waals surface area contributed by atoms with Gasteiger partial charge in [0.2, 0.25) is 0 Å². The zero-order valence-electron chi connectivity index (χ0n) is 6.27. The van der Waals surface area contributed by atoms with Gasteiger partial charge in [0.15, 0.2) is 0 Å². The Kier molecular flexibility index (Phi) is 4.21. The number of rotatable bonds is 2. The van der Waals surface area contributed by atoms with Crippen LogP contribution < -0.4 is 5.32 Å². The Hall–Kier alpha value is 0.0700. The summed E-state index contributed by atoms with van der Waals surface area (Å²) in [7, 11) is 1.72. The molecule has 1 saturated heterocycles. The minimum absolute atomic E-state index is 0. The van der Waals surface area contributed by atoms with E-state index in [1.54, 1.807) is 7.05 Å². The Morgan fingerprint density at radius 1 is 1.64 bits per heavy atom. The fourth-order valence-corrected chi connectivity index (χ4v) is 1.05. The van der Waals surface area contributed by atoms with E-state index >= 15 is 0 Å². The highest BCUT2D eigenvalue weighted by Gasteiger charge is 2.40. The highest BCUT2D eigenvalue weighted by Crippen LogP contribution is 2.28. The predicted molar refractivity (Wildman–Crippen MR) is 40.5 cm³/mol. The minimum atomic E-state index is -2.60. The van der Waals surface area contributed by atoms with Gasteiger partial charge in [0.1, 0.15) is 6.61 Å². The van der Waals surface area contributed by atoms with Gasteiger partial charge >= 0.3 is 0 Å². The van der Waals surface area contributed by atoms with Crippen LogP contribution in [0.2, 0.25) is 0 Å². The zero-order chi connectivity index (χ0) is 7.61. The average molecular weight is 188 g/mol. The molecule has 0 aliphatic carbocycles. The number of nitrogens with one attached hydrogen (secondary N) is 1. The summed E-state index contributed by atoms with van der Waals surface area (Å²) in [4.78, 5) is 0. The van der Waals surface area contributed by atoms with Crippen molar-refractivity contribution < 1.29 is 13.5 Å². The first kappa shape index (κ1) is 11.1. The van der Waals surface area contributed by atoms with Crippen LogP contribution in [-0.2, 0) is 4.74 Å². The van der Waals surface area contributed by atoms with Crippen molar-refractivity contribution in [1.29, 1.82) is 0 Å². The number of alkyl halides is 2. The molecule has 1 aliphatic rings. The van der Waals surface area contributed by atoms with Crippen LogP contribution in [0.3, 0.4) is 0 Å². The van der Waals surface area contributed by atoms with Crippen LogP contribution in [0.25, 0.3) is 0 Å². The number of hydrogen-bond donors (Lipinski definition) is 1. The van der Waals surface area contributed by atoms with E-state index in [2.05, 4.69) is 5.32 Å². The van der Waals surface area contributed by atoms with Crippen LogP contribution in [0, 0.1) is 0 Å². The molecule has 0 bridgehead atoms. The maximum absolute atomic E-state index is 12.4. The Balaban J connectivity index is 0.000001000. The second-order valence-corrected chi connectivity index (χ2v) is 2.55. The van der Waals surface area contributed by atoms with E-state index in [0.717, 1.165) is 0 Å². The third-order valence-electron chi connectivity index (χ3n) is 1.49. The van der Waals surface area contributed by atoms with E-state index in [1.165, 1.54) is 0 Å². The molecule has 0 spiro atoms. The molecule has 1 unspecified atom stereocenters. The van der Waals surface area contributed by atoms with E-state index in [4.69, 9.17) is 4.74 Å². The third-order valence-corrected chi connectivity index (χ3v) is 1.49. The van der Waals surface area contributed by atoms with Gasteiger partial charge in [-0.15, -0.1) is 12.4 Å². The van der Waals surface area contributed by atoms with Gasteiger partial charge in [0, 0.05) is 13.0 Å². The van der Waals surface area contributed by atoms with E-state index < -0.39 is 12.5 Å². The number of halogens is 3. The van der Waals surface area contributed by atoms with Crippen molar-refractivity contribution in [2.45, 2.75) is 18.4 Å². The molecule has 0 saturated carbocycles. The third kappa shape index (κ3) is 3.31. The molecule has 1 aliphatic heterocycles. The molecule has 1 atom stereocenters. The second-order valence-electron chi connectivity index (χ2n) is 2.55. The fourth-order valence-electron chi connectivity index (χ4n) is 1.05. The molecular weight excluding hydrogens is 176 g/mol. The van der Waals surface area contributed by atoms with Gasteiger partial charge in [-0.3, -0.25) is 0 Å². The van der Waals surface area contributed by atoms with Gasteiger partial charge in [-0.25, -0.2) is 8.78 Å². The standard InChI is InChI=1S/C6H11F2NO.ClH/c1-9-3-5-2-6(7,8)4-10-5;/h5,9H,2-4H2,1H3;1H. The lowest BCUT2D eigenvalue weighted by molar-refractivity contribution is -0.00991. The van der Waals surface area contributed by atoms with Gasteiger partial charge in [-0.1, -0.05) is 0 Å². The molecule has 1 heterocycles. The summed E-state index contributed by atoms with van der Waals surface area (Å²) in [6.45, 7) is 0.0922. The van der Waals surface area contributed by atoms with Gasteiger partial charge in [-0.2, -0.15) is 0 Å². The number of likely N-dealkylation sites (N-methyl/N-ethyl adjacent to an activating group) is 1. The van der Waals surface area contributed by atoms with Crippen molar-refractivity contribution in [1.82, 2.24) is 5.32 Å². The van der Waals surface area contributed by atoms with E-state index in [0.29, 0.717) is 6.54 Å². The molecule has 0 aromatic rings. The molecule has 2 nitrogen and oxygen atoms in total. The number of hydrogen-bond acceptors (Lipinski definition) is 2. The molecule has 5 heteroatoms. The molecule has 1 rings (SSSR count). The second kappa shape index (κ2) is 4.18. The fraction of sp³-hybridized carbons (Fsp3) is 1.00. The van der Waals surface area contributed by atoms with Crippen LogP contribution in [-0.4, -0.2) is 32.2 Å². The molecule has 68 valence electrons. The minimum Gasteiger partial charge on any atom is -0.370 e. The average Bonchev–Trinajstić information content (AvgIpc) is 2.12. The molecule has 0 amide bonds. The first-order chi connectivity index (χ1) is 4.64.